The summed E-state index contributed by atoms with van der Waals surface area (Å²) in [5, 5.41) is 2.59. The van der Waals surface area contributed by atoms with Gasteiger partial charge in [-0.05, 0) is 36.4 Å². The number of ether oxygens (including phenoxy) is 1. The van der Waals surface area contributed by atoms with Gasteiger partial charge in [-0.1, -0.05) is 54.6 Å². The zero-order chi connectivity index (χ0) is 24.4. The van der Waals surface area contributed by atoms with Crippen LogP contribution in [0.25, 0.3) is 16.7 Å². The molecule has 8 heteroatoms. The Kier molecular flexibility index (Phi) is 5.70. The molecule has 0 fully saturated rings. The molecule has 0 aliphatic rings. The van der Waals surface area contributed by atoms with Crippen LogP contribution in [-0.4, -0.2) is 9.55 Å². The standard InChI is InChI=1S/C27H18F3N3O2/c28-27(29,30)21-16-24(35-20-14-8-3-9-15-20)32-26-25(21)22(34)17-23(31-18-10-4-1-5-11-18)33(26)19-12-6-2-7-13-19/h1-17,31H. The van der Waals surface area contributed by atoms with Gasteiger partial charge in [0.05, 0.1) is 10.9 Å². The van der Waals surface area contributed by atoms with Gasteiger partial charge in [-0.15, -0.1) is 0 Å². The number of fused-ring (bicyclic) bond motifs is 1. The zero-order valence-electron chi connectivity index (χ0n) is 18.2. The van der Waals surface area contributed by atoms with Gasteiger partial charge in [0.25, 0.3) is 0 Å². The smallest absolute Gasteiger partial charge is 0.417 e. The number of alkyl halides is 3. The summed E-state index contributed by atoms with van der Waals surface area (Å²) in [5.74, 6) is 0.300. The van der Waals surface area contributed by atoms with E-state index in [0.717, 1.165) is 12.1 Å². The molecule has 0 amide bonds. The minimum atomic E-state index is -4.81. The van der Waals surface area contributed by atoms with E-state index in [2.05, 4.69) is 10.3 Å². The van der Waals surface area contributed by atoms with Crippen molar-refractivity contribution in [1.29, 1.82) is 0 Å². The lowest BCUT2D eigenvalue weighted by Gasteiger charge is -2.20. The van der Waals surface area contributed by atoms with E-state index >= 15 is 0 Å². The van der Waals surface area contributed by atoms with E-state index < -0.39 is 22.6 Å². The second-order valence-electron chi connectivity index (χ2n) is 7.68. The quantitative estimate of drug-likeness (QED) is 0.300. The summed E-state index contributed by atoms with van der Waals surface area (Å²) in [5.41, 5.74) is -0.925. The number of benzene rings is 3. The Bertz CT molecular complexity index is 1540. The summed E-state index contributed by atoms with van der Waals surface area (Å²) >= 11 is 0. The van der Waals surface area contributed by atoms with Gasteiger partial charge in [0, 0.05) is 23.5 Å². The first-order chi connectivity index (χ1) is 16.9. The van der Waals surface area contributed by atoms with Crippen LogP contribution in [0, 0.1) is 0 Å². The molecule has 0 radical (unpaired) electrons. The molecule has 0 aliphatic carbocycles. The second kappa shape index (κ2) is 8.98. The minimum Gasteiger partial charge on any atom is -0.439 e. The first kappa shape index (κ1) is 22.2. The van der Waals surface area contributed by atoms with Crippen LogP contribution in [0.2, 0.25) is 0 Å². The predicted octanol–water partition coefficient (Wildman–Crippen LogP) is 6.94. The van der Waals surface area contributed by atoms with E-state index in [9.17, 15) is 18.0 Å². The minimum absolute atomic E-state index is 0.178. The van der Waals surface area contributed by atoms with Crippen molar-refractivity contribution < 1.29 is 17.9 Å². The van der Waals surface area contributed by atoms with E-state index in [1.165, 1.54) is 4.57 Å². The second-order valence-corrected chi connectivity index (χ2v) is 7.68. The van der Waals surface area contributed by atoms with Gasteiger partial charge in [0.1, 0.15) is 11.6 Å². The predicted molar refractivity (Wildman–Crippen MR) is 129 cm³/mol. The number of rotatable bonds is 5. The fourth-order valence-corrected chi connectivity index (χ4v) is 3.77. The van der Waals surface area contributed by atoms with Crippen LogP contribution in [-0.2, 0) is 6.18 Å². The highest BCUT2D eigenvalue weighted by Gasteiger charge is 2.36. The summed E-state index contributed by atoms with van der Waals surface area (Å²) in [7, 11) is 0. The van der Waals surface area contributed by atoms with Crippen molar-refractivity contribution in [3.05, 3.63) is 119 Å². The van der Waals surface area contributed by atoms with Crippen molar-refractivity contribution in [3.63, 3.8) is 0 Å². The zero-order valence-corrected chi connectivity index (χ0v) is 18.2. The van der Waals surface area contributed by atoms with Gasteiger partial charge < -0.3 is 10.1 Å². The van der Waals surface area contributed by atoms with Crippen molar-refractivity contribution >= 4 is 22.5 Å². The Morgan fingerprint density at radius 3 is 2.03 bits per heavy atom. The monoisotopic (exact) mass is 473 g/mol. The highest BCUT2D eigenvalue weighted by molar-refractivity contribution is 5.85. The van der Waals surface area contributed by atoms with Crippen molar-refractivity contribution in [2.45, 2.75) is 6.18 Å². The maximum Gasteiger partial charge on any atom is 0.417 e. The number of pyridine rings is 2. The molecule has 35 heavy (non-hydrogen) atoms. The number of hydrogen-bond donors (Lipinski definition) is 1. The maximum absolute atomic E-state index is 14.2. The number of nitrogens with zero attached hydrogens (tertiary/aromatic N) is 2. The fourth-order valence-electron chi connectivity index (χ4n) is 3.77. The molecule has 0 saturated heterocycles. The molecule has 5 aromatic rings. The summed E-state index contributed by atoms with van der Waals surface area (Å²) in [6.45, 7) is 0. The van der Waals surface area contributed by atoms with E-state index in [1.54, 1.807) is 84.9 Å². The molecule has 5 rings (SSSR count). The number of halogens is 3. The molecule has 1 N–H and O–H groups in total. The Labute approximate surface area is 198 Å². The topological polar surface area (TPSA) is 56.2 Å². The molecule has 3 aromatic carbocycles. The average Bonchev–Trinajstić information content (AvgIpc) is 2.85. The van der Waals surface area contributed by atoms with Crippen LogP contribution < -0.4 is 15.5 Å². The van der Waals surface area contributed by atoms with Crippen molar-refractivity contribution in [2.75, 3.05) is 5.32 Å². The Balaban J connectivity index is 1.83. The third-order valence-corrected chi connectivity index (χ3v) is 5.28. The molecule has 5 nitrogen and oxygen atoms in total. The number of hydrogen-bond acceptors (Lipinski definition) is 4. The molecule has 0 spiro atoms. The largest absolute Gasteiger partial charge is 0.439 e. The van der Waals surface area contributed by atoms with Gasteiger partial charge >= 0.3 is 6.18 Å². The van der Waals surface area contributed by atoms with Gasteiger partial charge in [-0.25, -0.2) is 0 Å². The molecule has 0 unspecified atom stereocenters. The van der Waals surface area contributed by atoms with E-state index in [4.69, 9.17) is 4.74 Å². The number of anilines is 2. The normalized spacial score (nSPS) is 11.4. The fraction of sp³-hybridized carbons (Fsp3) is 0.0370. The first-order valence-corrected chi connectivity index (χ1v) is 10.7. The lowest BCUT2D eigenvalue weighted by Crippen LogP contribution is -2.18. The SMILES string of the molecule is O=c1cc(Nc2ccccc2)n(-c2ccccc2)c2nc(Oc3ccccc3)cc(C(F)(F)F)c12. The summed E-state index contributed by atoms with van der Waals surface area (Å²) < 4.78 is 49.6. The lowest BCUT2D eigenvalue weighted by atomic mass is 10.1. The molecule has 2 heterocycles. The number of aromatic nitrogens is 2. The molecule has 0 atom stereocenters. The van der Waals surface area contributed by atoms with E-state index in [-0.39, 0.29) is 17.3 Å². The van der Waals surface area contributed by atoms with Crippen LogP contribution in [0.3, 0.4) is 0 Å². The third kappa shape index (κ3) is 4.59. The Morgan fingerprint density at radius 1 is 0.800 bits per heavy atom. The van der Waals surface area contributed by atoms with Gasteiger partial charge in [-0.2, -0.15) is 18.2 Å². The maximum atomic E-state index is 14.2. The van der Waals surface area contributed by atoms with E-state index in [0.29, 0.717) is 17.1 Å². The molecule has 2 aromatic heterocycles. The summed E-state index contributed by atoms with van der Waals surface area (Å²) in [6, 6.07) is 28.0. The van der Waals surface area contributed by atoms with Gasteiger partial charge in [0.2, 0.25) is 5.88 Å². The average molecular weight is 473 g/mol. The first-order valence-electron chi connectivity index (χ1n) is 10.7. The summed E-state index contributed by atoms with van der Waals surface area (Å²) in [6.07, 6.45) is -4.81. The Hall–Kier alpha value is -4.59. The number of para-hydroxylation sites is 3. The summed E-state index contributed by atoms with van der Waals surface area (Å²) in [4.78, 5) is 17.5. The molecule has 174 valence electrons. The highest BCUT2D eigenvalue weighted by Crippen LogP contribution is 2.37. The van der Waals surface area contributed by atoms with Crippen molar-refractivity contribution in [1.82, 2.24) is 9.55 Å². The molecular formula is C27H18F3N3O2. The van der Waals surface area contributed by atoms with Crippen molar-refractivity contribution in [3.8, 4) is 17.3 Å². The molecule has 0 saturated carbocycles. The highest BCUT2D eigenvalue weighted by atomic mass is 19.4. The van der Waals surface area contributed by atoms with Gasteiger partial charge in [0.15, 0.2) is 11.1 Å². The molecule has 0 aliphatic heterocycles. The van der Waals surface area contributed by atoms with E-state index in [1.807, 2.05) is 6.07 Å². The van der Waals surface area contributed by atoms with Crippen LogP contribution in [0.1, 0.15) is 5.56 Å². The van der Waals surface area contributed by atoms with Gasteiger partial charge in [-0.3, -0.25) is 9.36 Å². The molecular weight excluding hydrogens is 455 g/mol. The Morgan fingerprint density at radius 2 is 1.40 bits per heavy atom. The van der Waals surface area contributed by atoms with Crippen molar-refractivity contribution in [2.24, 2.45) is 0 Å². The van der Waals surface area contributed by atoms with Crippen LogP contribution in [0.15, 0.2) is 108 Å². The van der Waals surface area contributed by atoms with Crippen LogP contribution in [0.4, 0.5) is 24.7 Å². The number of nitrogens with one attached hydrogen (secondary N) is 1. The molecule has 0 bridgehead atoms. The lowest BCUT2D eigenvalue weighted by molar-refractivity contribution is -0.136. The van der Waals surface area contributed by atoms with Crippen LogP contribution in [0.5, 0.6) is 11.6 Å². The third-order valence-electron chi connectivity index (χ3n) is 5.28. The van der Waals surface area contributed by atoms with Crippen LogP contribution >= 0.6 is 0 Å².